The summed E-state index contributed by atoms with van der Waals surface area (Å²) in [6, 6.07) is 9.38. The molecule has 0 saturated carbocycles. The van der Waals surface area contributed by atoms with Crippen LogP contribution >= 0.6 is 0 Å². The summed E-state index contributed by atoms with van der Waals surface area (Å²) < 4.78 is 5.03. The lowest BCUT2D eigenvalue weighted by Crippen LogP contribution is -2.42. The van der Waals surface area contributed by atoms with Crippen LogP contribution in [0.5, 0.6) is 0 Å². The van der Waals surface area contributed by atoms with E-state index >= 15 is 0 Å². The van der Waals surface area contributed by atoms with E-state index in [1.807, 2.05) is 6.07 Å². The maximum atomic E-state index is 11.7. The maximum absolute atomic E-state index is 11.7. The molecule has 1 amide bonds. The van der Waals surface area contributed by atoms with Crippen LogP contribution < -0.4 is 10.6 Å². The minimum absolute atomic E-state index is 0.162. The topological polar surface area (TPSA) is 116 Å². The number of rotatable bonds is 5. The van der Waals surface area contributed by atoms with Crippen molar-refractivity contribution in [2.24, 2.45) is 0 Å². The Morgan fingerprint density at radius 3 is 2.96 bits per heavy atom. The van der Waals surface area contributed by atoms with Crippen molar-refractivity contribution < 1.29 is 9.53 Å². The molecule has 2 aromatic rings. The molecule has 3 rings (SSSR count). The van der Waals surface area contributed by atoms with Gasteiger partial charge in [-0.2, -0.15) is 15.3 Å². The van der Waals surface area contributed by atoms with Gasteiger partial charge in [-0.25, -0.2) is 4.79 Å². The first-order valence-electron chi connectivity index (χ1n) is 8.83. The van der Waals surface area contributed by atoms with Gasteiger partial charge in [-0.1, -0.05) is 6.07 Å². The number of carbonyl (C=O) groups is 1. The minimum Gasteiger partial charge on any atom is -0.450 e. The van der Waals surface area contributed by atoms with Gasteiger partial charge in [0, 0.05) is 24.8 Å². The van der Waals surface area contributed by atoms with Crippen LogP contribution in [-0.2, 0) is 4.74 Å². The largest absolute Gasteiger partial charge is 0.450 e. The smallest absolute Gasteiger partial charge is 0.409 e. The van der Waals surface area contributed by atoms with E-state index in [1.165, 1.54) is 6.20 Å². The number of amides is 1. The van der Waals surface area contributed by atoms with Crippen LogP contribution in [0.1, 0.15) is 25.3 Å². The number of aromatic nitrogens is 3. The van der Waals surface area contributed by atoms with Crippen molar-refractivity contribution >= 4 is 23.5 Å². The molecule has 2 N–H and O–H groups in total. The number of anilines is 3. The lowest BCUT2D eigenvalue weighted by Gasteiger charge is -2.31. The van der Waals surface area contributed by atoms with Crippen molar-refractivity contribution in [2.75, 3.05) is 30.3 Å². The summed E-state index contributed by atoms with van der Waals surface area (Å²) in [5.41, 5.74) is 1.32. The van der Waals surface area contributed by atoms with E-state index in [0.717, 1.165) is 18.5 Å². The molecule has 1 fully saturated rings. The molecule has 27 heavy (non-hydrogen) atoms. The molecular formula is C18H21N7O2. The number of hydrogen-bond acceptors (Lipinski definition) is 8. The third-order valence-corrected chi connectivity index (χ3v) is 4.18. The summed E-state index contributed by atoms with van der Waals surface area (Å²) in [5, 5.41) is 23.4. The Bertz CT molecular complexity index is 828. The van der Waals surface area contributed by atoms with Gasteiger partial charge in [-0.05, 0) is 38.0 Å². The van der Waals surface area contributed by atoms with Crippen molar-refractivity contribution in [3.63, 3.8) is 0 Å². The first-order valence-corrected chi connectivity index (χ1v) is 8.83. The van der Waals surface area contributed by atoms with Gasteiger partial charge in [0.05, 0.1) is 24.4 Å². The van der Waals surface area contributed by atoms with E-state index < -0.39 is 0 Å². The highest BCUT2D eigenvalue weighted by molar-refractivity contribution is 5.67. The molecule has 1 aromatic carbocycles. The molecule has 0 spiro atoms. The number of piperidine rings is 1. The molecule has 140 valence electrons. The second-order valence-electron chi connectivity index (χ2n) is 6.09. The van der Waals surface area contributed by atoms with Crippen molar-refractivity contribution in [1.29, 1.82) is 5.26 Å². The second kappa shape index (κ2) is 8.80. The SMILES string of the molecule is CCOC(=O)N1CCC(Nc2nncc(Nc3cccc(C#N)c3)n2)CC1. The predicted octanol–water partition coefficient (Wildman–Crippen LogP) is 2.52. The highest BCUT2D eigenvalue weighted by Crippen LogP contribution is 2.18. The number of hydrogen-bond donors (Lipinski definition) is 2. The third kappa shape index (κ3) is 5.04. The fourth-order valence-corrected chi connectivity index (χ4v) is 2.84. The monoisotopic (exact) mass is 367 g/mol. The van der Waals surface area contributed by atoms with E-state index in [9.17, 15) is 4.79 Å². The molecule has 1 aromatic heterocycles. The lowest BCUT2D eigenvalue weighted by atomic mass is 10.1. The Morgan fingerprint density at radius 1 is 1.41 bits per heavy atom. The zero-order valence-corrected chi connectivity index (χ0v) is 15.1. The molecule has 0 atom stereocenters. The van der Waals surface area contributed by atoms with Gasteiger partial charge in [0.15, 0.2) is 5.82 Å². The molecule has 9 heteroatoms. The van der Waals surface area contributed by atoms with Gasteiger partial charge >= 0.3 is 6.09 Å². The quantitative estimate of drug-likeness (QED) is 0.828. The van der Waals surface area contributed by atoms with Crippen LogP contribution in [0.4, 0.5) is 22.2 Å². The Balaban J connectivity index is 1.57. The standard InChI is InChI=1S/C18H21N7O2/c1-2-27-18(26)25-8-6-14(7-9-25)22-17-23-16(12-20-24-17)21-15-5-3-4-13(10-15)11-19/h3-5,10,12,14H,2,6-9H2,1H3,(H2,21,22,23,24). The van der Waals surface area contributed by atoms with E-state index in [4.69, 9.17) is 10.00 Å². The van der Waals surface area contributed by atoms with Gasteiger partial charge in [0.2, 0.25) is 5.95 Å². The van der Waals surface area contributed by atoms with Gasteiger partial charge in [0.25, 0.3) is 0 Å². The van der Waals surface area contributed by atoms with Crippen LogP contribution in [0.25, 0.3) is 0 Å². The van der Waals surface area contributed by atoms with Gasteiger partial charge in [0.1, 0.15) is 0 Å². The molecule has 0 radical (unpaired) electrons. The number of likely N-dealkylation sites (tertiary alicyclic amines) is 1. The van der Waals surface area contributed by atoms with Crippen LogP contribution in [0.15, 0.2) is 30.5 Å². The second-order valence-corrected chi connectivity index (χ2v) is 6.09. The van der Waals surface area contributed by atoms with Gasteiger partial charge in [-0.3, -0.25) is 0 Å². The highest BCUT2D eigenvalue weighted by Gasteiger charge is 2.24. The molecule has 0 aliphatic carbocycles. The van der Waals surface area contributed by atoms with Crippen molar-refractivity contribution in [2.45, 2.75) is 25.8 Å². The van der Waals surface area contributed by atoms with E-state index in [-0.39, 0.29) is 12.1 Å². The molecular weight excluding hydrogens is 346 g/mol. The van der Waals surface area contributed by atoms with Crippen LogP contribution in [0.3, 0.4) is 0 Å². The average molecular weight is 367 g/mol. The van der Waals surface area contributed by atoms with Crippen LogP contribution in [0.2, 0.25) is 0 Å². The van der Waals surface area contributed by atoms with Gasteiger partial charge < -0.3 is 20.3 Å². The number of nitrogens with one attached hydrogen (secondary N) is 2. The Hall–Kier alpha value is -3.41. The summed E-state index contributed by atoms with van der Waals surface area (Å²) in [6.07, 6.45) is 2.82. The summed E-state index contributed by atoms with van der Waals surface area (Å²) in [4.78, 5) is 17.9. The Kier molecular flexibility index (Phi) is 5.99. The fourth-order valence-electron chi connectivity index (χ4n) is 2.84. The molecule has 1 saturated heterocycles. The summed E-state index contributed by atoms with van der Waals surface area (Å²) in [5.74, 6) is 0.956. The number of nitriles is 1. The molecule has 0 bridgehead atoms. The number of carbonyl (C=O) groups excluding carboxylic acids is 1. The van der Waals surface area contributed by atoms with Crippen molar-refractivity contribution in [3.05, 3.63) is 36.0 Å². The number of benzene rings is 1. The average Bonchev–Trinajstić information content (AvgIpc) is 2.69. The fraction of sp³-hybridized carbons (Fsp3) is 0.389. The number of ether oxygens (including phenoxy) is 1. The van der Waals surface area contributed by atoms with E-state index in [0.29, 0.717) is 37.0 Å². The zero-order chi connectivity index (χ0) is 19.1. The van der Waals surface area contributed by atoms with E-state index in [2.05, 4.69) is 31.9 Å². The molecule has 9 nitrogen and oxygen atoms in total. The minimum atomic E-state index is -0.264. The van der Waals surface area contributed by atoms with Gasteiger partial charge in [-0.15, -0.1) is 5.10 Å². The van der Waals surface area contributed by atoms with Crippen molar-refractivity contribution in [1.82, 2.24) is 20.1 Å². The maximum Gasteiger partial charge on any atom is 0.409 e. The first kappa shape index (κ1) is 18.4. The number of nitrogens with zero attached hydrogens (tertiary/aromatic N) is 5. The van der Waals surface area contributed by atoms with Crippen LogP contribution in [-0.4, -0.2) is 51.9 Å². The normalized spacial score (nSPS) is 14.3. The third-order valence-electron chi connectivity index (χ3n) is 4.18. The lowest BCUT2D eigenvalue weighted by molar-refractivity contribution is 0.0983. The van der Waals surface area contributed by atoms with Crippen LogP contribution in [0, 0.1) is 11.3 Å². The molecule has 1 aliphatic heterocycles. The highest BCUT2D eigenvalue weighted by atomic mass is 16.6. The van der Waals surface area contributed by atoms with Crippen molar-refractivity contribution in [3.8, 4) is 6.07 Å². The summed E-state index contributed by atoms with van der Waals surface area (Å²) in [7, 11) is 0. The van der Waals surface area contributed by atoms with E-state index in [1.54, 1.807) is 30.0 Å². The Labute approximate surface area is 157 Å². The predicted molar refractivity (Wildman–Crippen MR) is 99.5 cm³/mol. The molecule has 0 unspecified atom stereocenters. The Morgan fingerprint density at radius 2 is 2.22 bits per heavy atom. The molecule has 2 heterocycles. The summed E-state index contributed by atoms with van der Waals surface area (Å²) >= 11 is 0. The molecule has 1 aliphatic rings. The zero-order valence-electron chi connectivity index (χ0n) is 15.1. The first-order chi connectivity index (χ1) is 13.2. The summed E-state index contributed by atoms with van der Waals surface area (Å²) in [6.45, 7) is 3.44.